The number of hydrogen-bond donors (Lipinski definition) is 0. The van der Waals surface area contributed by atoms with Crippen LogP contribution in [0.3, 0.4) is 0 Å². The molecule has 0 aromatic heterocycles. The van der Waals surface area contributed by atoms with Crippen molar-refractivity contribution in [2.24, 2.45) is 5.92 Å². The van der Waals surface area contributed by atoms with Crippen LogP contribution in [-0.2, 0) is 6.42 Å². The number of hydrogen-bond acceptors (Lipinski definition) is 0. The maximum absolute atomic E-state index is 13.2. The summed E-state index contributed by atoms with van der Waals surface area (Å²) in [6.45, 7) is 2.28. The minimum atomic E-state index is -0.741. The highest BCUT2D eigenvalue weighted by atomic mass is 28.3. The van der Waals surface area contributed by atoms with Crippen molar-refractivity contribution in [3.8, 4) is 0 Å². The molecule has 23 heavy (non-hydrogen) atoms. The van der Waals surface area contributed by atoms with E-state index in [1.807, 2.05) is 0 Å². The Morgan fingerprint density at radius 1 is 1.00 bits per heavy atom. The van der Waals surface area contributed by atoms with Crippen molar-refractivity contribution in [3.05, 3.63) is 35.4 Å². The lowest BCUT2D eigenvalue weighted by Crippen LogP contribution is -2.21. The van der Waals surface area contributed by atoms with Crippen LogP contribution >= 0.6 is 0 Å². The summed E-state index contributed by atoms with van der Waals surface area (Å²) in [5, 5.41) is 0. The molecule has 1 saturated heterocycles. The van der Waals surface area contributed by atoms with Crippen LogP contribution in [0.2, 0.25) is 18.1 Å². The summed E-state index contributed by atoms with van der Waals surface area (Å²) in [4.78, 5) is 0. The smallest absolute Gasteiger partial charge is 0.159 e. The fourth-order valence-corrected chi connectivity index (χ4v) is 6.84. The van der Waals surface area contributed by atoms with E-state index in [0.717, 1.165) is 24.3 Å². The minimum Gasteiger partial charge on any atom is -0.204 e. The SMILES string of the molecule is CCCCCC1CC[Si](CCCCc2ccc(F)c(F)c2)CC1. The maximum Gasteiger partial charge on any atom is 0.159 e. The van der Waals surface area contributed by atoms with Crippen molar-refractivity contribution >= 4 is 8.80 Å². The van der Waals surface area contributed by atoms with Crippen molar-refractivity contribution < 1.29 is 8.78 Å². The quantitative estimate of drug-likeness (QED) is 0.344. The molecule has 0 spiro atoms. The monoisotopic (exact) mass is 337 g/mol. The van der Waals surface area contributed by atoms with Gasteiger partial charge in [-0.3, -0.25) is 0 Å². The van der Waals surface area contributed by atoms with Gasteiger partial charge in [0, 0.05) is 8.80 Å². The molecule has 0 bridgehead atoms. The molecule has 0 atom stereocenters. The summed E-state index contributed by atoms with van der Waals surface area (Å²) in [6.07, 6.45) is 11.8. The summed E-state index contributed by atoms with van der Waals surface area (Å²) >= 11 is 0. The Morgan fingerprint density at radius 2 is 1.78 bits per heavy atom. The van der Waals surface area contributed by atoms with Crippen LogP contribution in [0.4, 0.5) is 8.78 Å². The van der Waals surface area contributed by atoms with E-state index in [-0.39, 0.29) is 8.80 Å². The van der Waals surface area contributed by atoms with E-state index in [9.17, 15) is 8.78 Å². The van der Waals surface area contributed by atoms with Crippen LogP contribution in [0.25, 0.3) is 0 Å². The van der Waals surface area contributed by atoms with Crippen molar-refractivity contribution in [2.45, 2.75) is 82.8 Å². The molecule has 1 aromatic carbocycles. The molecule has 0 amide bonds. The van der Waals surface area contributed by atoms with E-state index in [0.29, 0.717) is 0 Å². The lowest BCUT2D eigenvalue weighted by Gasteiger charge is -2.27. The Hall–Kier alpha value is -0.703. The molecule has 0 nitrogen and oxygen atoms in total. The molecule has 0 N–H and O–H groups in total. The molecule has 0 aliphatic carbocycles. The Bertz CT molecular complexity index is 453. The van der Waals surface area contributed by atoms with Gasteiger partial charge in [0.15, 0.2) is 11.6 Å². The highest BCUT2D eigenvalue weighted by Gasteiger charge is 2.21. The van der Waals surface area contributed by atoms with Gasteiger partial charge < -0.3 is 0 Å². The largest absolute Gasteiger partial charge is 0.204 e. The van der Waals surface area contributed by atoms with E-state index in [2.05, 4.69) is 6.92 Å². The molecule has 0 unspecified atom stereocenters. The summed E-state index contributed by atoms with van der Waals surface area (Å²) in [5.41, 5.74) is 0.931. The van der Waals surface area contributed by atoms with Crippen molar-refractivity contribution in [3.63, 3.8) is 0 Å². The van der Waals surface area contributed by atoms with E-state index in [1.165, 1.54) is 75.2 Å². The Kier molecular flexibility index (Phi) is 8.28. The predicted octanol–water partition coefficient (Wildman–Crippen LogP) is 6.77. The van der Waals surface area contributed by atoms with Gasteiger partial charge in [0.25, 0.3) is 0 Å². The summed E-state index contributed by atoms with van der Waals surface area (Å²) in [5.74, 6) is -0.442. The topological polar surface area (TPSA) is 0 Å². The van der Waals surface area contributed by atoms with Crippen molar-refractivity contribution in [1.82, 2.24) is 0 Å². The van der Waals surface area contributed by atoms with Crippen LogP contribution in [0.1, 0.15) is 63.9 Å². The molecule has 129 valence electrons. The van der Waals surface area contributed by atoms with Gasteiger partial charge in [-0.25, -0.2) is 8.78 Å². The zero-order valence-electron chi connectivity index (χ0n) is 14.6. The molecule has 1 aliphatic rings. The normalized spacial score (nSPS) is 16.8. The number of benzene rings is 1. The molecule has 1 radical (unpaired) electrons. The molecular weight excluding hydrogens is 306 g/mol. The fourth-order valence-electron chi connectivity index (χ4n) is 3.71. The Morgan fingerprint density at radius 3 is 2.48 bits per heavy atom. The number of rotatable bonds is 9. The molecular formula is C20H31F2Si. The average molecular weight is 338 g/mol. The fraction of sp³-hybridized carbons (Fsp3) is 0.700. The third-order valence-corrected chi connectivity index (χ3v) is 8.31. The second-order valence-electron chi connectivity index (χ2n) is 7.14. The highest BCUT2D eigenvalue weighted by Crippen LogP contribution is 2.31. The van der Waals surface area contributed by atoms with Crippen LogP contribution in [-0.4, -0.2) is 8.80 Å². The first-order valence-corrected chi connectivity index (χ1v) is 11.6. The van der Waals surface area contributed by atoms with Crippen LogP contribution in [0.5, 0.6) is 0 Å². The van der Waals surface area contributed by atoms with Gasteiger partial charge in [0.2, 0.25) is 0 Å². The Labute approximate surface area is 142 Å². The first kappa shape index (κ1) is 18.6. The van der Waals surface area contributed by atoms with Crippen molar-refractivity contribution in [1.29, 1.82) is 0 Å². The van der Waals surface area contributed by atoms with Gasteiger partial charge in [0.05, 0.1) is 0 Å². The van der Waals surface area contributed by atoms with E-state index in [4.69, 9.17) is 0 Å². The van der Waals surface area contributed by atoms with Gasteiger partial charge in [-0.05, 0) is 36.5 Å². The number of unbranched alkanes of at least 4 members (excludes halogenated alkanes) is 3. The second-order valence-corrected chi connectivity index (χ2v) is 10.1. The van der Waals surface area contributed by atoms with Gasteiger partial charge >= 0.3 is 0 Å². The van der Waals surface area contributed by atoms with Crippen LogP contribution in [0.15, 0.2) is 18.2 Å². The van der Waals surface area contributed by atoms with Crippen LogP contribution in [0, 0.1) is 17.6 Å². The minimum absolute atomic E-state index is 0.113. The first-order valence-electron chi connectivity index (χ1n) is 9.46. The zero-order chi connectivity index (χ0) is 16.5. The van der Waals surface area contributed by atoms with Crippen molar-refractivity contribution in [2.75, 3.05) is 0 Å². The standard InChI is InChI=1S/C20H31F2Si/c1-2-3-4-7-17-11-14-23(15-12-17)13-6-5-8-18-9-10-19(21)20(22)16-18/h9-10,16-17H,2-8,11-15H2,1H3. The molecule has 1 fully saturated rings. The molecule has 1 aliphatic heterocycles. The molecule has 1 heterocycles. The third-order valence-electron chi connectivity index (χ3n) is 5.26. The predicted molar refractivity (Wildman–Crippen MR) is 96.3 cm³/mol. The molecule has 0 saturated carbocycles. The third kappa shape index (κ3) is 6.74. The van der Waals surface area contributed by atoms with Gasteiger partial charge in [0.1, 0.15) is 0 Å². The Balaban J connectivity index is 1.56. The van der Waals surface area contributed by atoms with E-state index < -0.39 is 11.6 Å². The number of aryl methyl sites for hydroxylation is 1. The average Bonchev–Trinajstić information content (AvgIpc) is 2.56. The van der Waals surface area contributed by atoms with Gasteiger partial charge in [-0.15, -0.1) is 0 Å². The summed E-state index contributed by atoms with van der Waals surface area (Å²) in [7, 11) is -0.113. The molecule has 3 heteroatoms. The maximum atomic E-state index is 13.2. The van der Waals surface area contributed by atoms with Crippen LogP contribution < -0.4 is 0 Å². The van der Waals surface area contributed by atoms with E-state index >= 15 is 0 Å². The first-order chi connectivity index (χ1) is 11.2. The summed E-state index contributed by atoms with van der Waals surface area (Å²) in [6, 6.07) is 8.74. The summed E-state index contributed by atoms with van der Waals surface area (Å²) < 4.78 is 26.0. The molecule has 1 aromatic rings. The second kappa shape index (κ2) is 10.2. The number of halogens is 2. The zero-order valence-corrected chi connectivity index (χ0v) is 15.6. The highest BCUT2D eigenvalue weighted by molar-refractivity contribution is 6.58. The lowest BCUT2D eigenvalue weighted by molar-refractivity contribution is 0.416. The lowest BCUT2D eigenvalue weighted by atomic mass is 9.96. The van der Waals surface area contributed by atoms with Gasteiger partial charge in [-0.1, -0.05) is 76.1 Å². The van der Waals surface area contributed by atoms with Gasteiger partial charge in [-0.2, -0.15) is 0 Å². The molecule has 2 rings (SSSR count). The van der Waals surface area contributed by atoms with E-state index in [1.54, 1.807) is 6.07 Å².